The minimum atomic E-state index is 1.18. The zero-order valence-corrected chi connectivity index (χ0v) is 10.5. The molecule has 0 atom stereocenters. The van der Waals surface area contributed by atoms with E-state index in [1.54, 1.807) is 0 Å². The molecule has 0 heterocycles. The van der Waals surface area contributed by atoms with E-state index in [1.807, 2.05) is 6.08 Å². The molecule has 0 spiro atoms. The maximum absolute atomic E-state index is 3.74. The third kappa shape index (κ3) is 5.16. The number of hydrogen-bond donors (Lipinski definition) is 0. The molecule has 0 amide bonds. The maximum Gasteiger partial charge on any atom is -0.0276 e. The van der Waals surface area contributed by atoms with Crippen LogP contribution in [0.15, 0.2) is 36.9 Å². The van der Waals surface area contributed by atoms with Crippen LogP contribution in [0.25, 0.3) is 0 Å². The molecule has 0 bridgehead atoms. The van der Waals surface area contributed by atoms with Crippen LogP contribution in [-0.4, -0.2) is 0 Å². The van der Waals surface area contributed by atoms with Crippen molar-refractivity contribution >= 4 is 0 Å². The number of benzene rings is 1. The van der Waals surface area contributed by atoms with Gasteiger partial charge in [0.1, 0.15) is 0 Å². The molecular weight excluding hydrogens is 192 g/mol. The largest absolute Gasteiger partial charge is 0.103 e. The summed E-state index contributed by atoms with van der Waals surface area (Å²) >= 11 is 0. The lowest BCUT2D eigenvalue weighted by molar-refractivity contribution is 0.617. The van der Waals surface area contributed by atoms with Gasteiger partial charge in [0.15, 0.2) is 0 Å². The summed E-state index contributed by atoms with van der Waals surface area (Å²) in [6, 6.07) is 8.73. The summed E-state index contributed by atoms with van der Waals surface area (Å²) in [6.07, 6.45) is 11.2. The topological polar surface area (TPSA) is 0 Å². The first-order valence-electron chi connectivity index (χ1n) is 6.50. The van der Waals surface area contributed by atoms with Gasteiger partial charge >= 0.3 is 0 Å². The first-order chi connectivity index (χ1) is 7.84. The number of unbranched alkanes of at least 4 members (excludes halogenated alkanes) is 5. The lowest BCUT2D eigenvalue weighted by Gasteiger charge is -2.05. The van der Waals surface area contributed by atoms with Crippen LogP contribution in [0.5, 0.6) is 0 Å². The van der Waals surface area contributed by atoms with Crippen molar-refractivity contribution in [1.82, 2.24) is 0 Å². The lowest BCUT2D eigenvalue weighted by atomic mass is 10.0. The molecular formula is C16H24. The van der Waals surface area contributed by atoms with E-state index in [-0.39, 0.29) is 0 Å². The first kappa shape index (κ1) is 13.0. The van der Waals surface area contributed by atoms with Crippen LogP contribution in [0.1, 0.15) is 49.7 Å². The normalized spacial score (nSPS) is 10.3. The molecule has 1 aromatic carbocycles. The molecule has 0 unspecified atom stereocenters. The van der Waals surface area contributed by atoms with Gasteiger partial charge in [0.25, 0.3) is 0 Å². The number of rotatable bonds is 8. The standard InChI is InChI=1S/C16H24/c1-3-4-5-6-7-8-9-13-16-14-11-10-12-15(16)2/h3,10-12,14H,1,4-9,13H2,2H3. The highest BCUT2D eigenvalue weighted by atomic mass is 14.0. The van der Waals surface area contributed by atoms with Crippen molar-refractivity contribution < 1.29 is 0 Å². The summed E-state index contributed by atoms with van der Waals surface area (Å²) in [4.78, 5) is 0. The minimum absolute atomic E-state index is 1.18. The highest BCUT2D eigenvalue weighted by Crippen LogP contribution is 2.13. The van der Waals surface area contributed by atoms with Crippen LogP contribution in [-0.2, 0) is 6.42 Å². The van der Waals surface area contributed by atoms with Crippen molar-refractivity contribution in [2.24, 2.45) is 0 Å². The monoisotopic (exact) mass is 216 g/mol. The van der Waals surface area contributed by atoms with E-state index in [2.05, 4.69) is 37.8 Å². The fraction of sp³-hybridized carbons (Fsp3) is 0.500. The van der Waals surface area contributed by atoms with Crippen molar-refractivity contribution in [2.45, 2.75) is 51.9 Å². The summed E-state index contributed by atoms with van der Waals surface area (Å²) in [6.45, 7) is 5.95. The van der Waals surface area contributed by atoms with Crippen molar-refractivity contribution in [3.05, 3.63) is 48.0 Å². The maximum atomic E-state index is 3.74. The summed E-state index contributed by atoms with van der Waals surface area (Å²) in [7, 11) is 0. The zero-order chi connectivity index (χ0) is 11.6. The average Bonchev–Trinajstić information content (AvgIpc) is 2.30. The molecule has 0 radical (unpaired) electrons. The van der Waals surface area contributed by atoms with Gasteiger partial charge in [-0.2, -0.15) is 0 Å². The summed E-state index contributed by atoms with van der Waals surface area (Å²) in [5.41, 5.74) is 2.96. The third-order valence-electron chi connectivity index (χ3n) is 3.12. The molecule has 0 aliphatic rings. The van der Waals surface area contributed by atoms with Gasteiger partial charge in [-0.15, -0.1) is 6.58 Å². The fourth-order valence-corrected chi connectivity index (χ4v) is 2.03. The van der Waals surface area contributed by atoms with Crippen LogP contribution in [0, 0.1) is 6.92 Å². The minimum Gasteiger partial charge on any atom is -0.103 e. The highest BCUT2D eigenvalue weighted by Gasteiger charge is 1.96. The van der Waals surface area contributed by atoms with Crippen molar-refractivity contribution in [2.75, 3.05) is 0 Å². The van der Waals surface area contributed by atoms with E-state index < -0.39 is 0 Å². The summed E-state index contributed by atoms with van der Waals surface area (Å²) < 4.78 is 0. The predicted octanol–water partition coefficient (Wildman–Crippen LogP) is 5.06. The first-order valence-corrected chi connectivity index (χ1v) is 6.50. The van der Waals surface area contributed by atoms with E-state index in [4.69, 9.17) is 0 Å². The van der Waals surface area contributed by atoms with Gasteiger partial charge in [-0.1, -0.05) is 49.6 Å². The quantitative estimate of drug-likeness (QED) is 0.420. The SMILES string of the molecule is C=CCCCCCCCc1ccccc1C. The number of hydrogen-bond acceptors (Lipinski definition) is 0. The van der Waals surface area contributed by atoms with Crippen molar-refractivity contribution in [3.8, 4) is 0 Å². The van der Waals surface area contributed by atoms with Gasteiger partial charge in [-0.05, 0) is 43.7 Å². The Kier molecular flexibility index (Phi) is 6.64. The van der Waals surface area contributed by atoms with E-state index in [1.165, 1.54) is 56.1 Å². The van der Waals surface area contributed by atoms with Crippen LogP contribution >= 0.6 is 0 Å². The Morgan fingerprint density at radius 2 is 1.69 bits per heavy atom. The van der Waals surface area contributed by atoms with Crippen molar-refractivity contribution in [1.29, 1.82) is 0 Å². The van der Waals surface area contributed by atoms with Gasteiger partial charge in [0.05, 0.1) is 0 Å². The van der Waals surface area contributed by atoms with Crippen LogP contribution in [0.4, 0.5) is 0 Å². The van der Waals surface area contributed by atoms with E-state index in [0.717, 1.165) is 0 Å². The molecule has 0 saturated heterocycles. The second-order valence-corrected chi connectivity index (χ2v) is 4.52. The summed E-state index contributed by atoms with van der Waals surface area (Å²) in [5, 5.41) is 0. The van der Waals surface area contributed by atoms with Gasteiger partial charge in [-0.25, -0.2) is 0 Å². The Balaban J connectivity index is 2.07. The Morgan fingerprint density at radius 3 is 2.44 bits per heavy atom. The van der Waals surface area contributed by atoms with Crippen LogP contribution in [0.3, 0.4) is 0 Å². The van der Waals surface area contributed by atoms with E-state index >= 15 is 0 Å². The zero-order valence-electron chi connectivity index (χ0n) is 10.5. The molecule has 16 heavy (non-hydrogen) atoms. The lowest BCUT2D eigenvalue weighted by Crippen LogP contribution is -1.89. The van der Waals surface area contributed by atoms with Gasteiger partial charge in [-0.3, -0.25) is 0 Å². The molecule has 0 nitrogen and oxygen atoms in total. The van der Waals surface area contributed by atoms with Crippen LogP contribution < -0.4 is 0 Å². The molecule has 1 rings (SSSR count). The fourth-order valence-electron chi connectivity index (χ4n) is 2.03. The molecule has 0 saturated carbocycles. The second kappa shape index (κ2) is 8.15. The molecule has 0 N–H and O–H groups in total. The van der Waals surface area contributed by atoms with Crippen molar-refractivity contribution in [3.63, 3.8) is 0 Å². The van der Waals surface area contributed by atoms with Crippen LogP contribution in [0.2, 0.25) is 0 Å². The predicted molar refractivity (Wildman–Crippen MR) is 72.8 cm³/mol. The highest BCUT2D eigenvalue weighted by molar-refractivity contribution is 5.25. The summed E-state index contributed by atoms with van der Waals surface area (Å²) in [5.74, 6) is 0. The van der Waals surface area contributed by atoms with Gasteiger partial charge in [0, 0.05) is 0 Å². The Morgan fingerprint density at radius 1 is 1.00 bits per heavy atom. The Labute approximate surface area is 100 Å². The molecule has 0 heteroatoms. The number of aryl methyl sites for hydroxylation is 2. The van der Waals surface area contributed by atoms with Gasteiger partial charge in [0.2, 0.25) is 0 Å². The molecule has 88 valence electrons. The molecule has 0 fully saturated rings. The van der Waals surface area contributed by atoms with E-state index in [0.29, 0.717) is 0 Å². The molecule has 0 aliphatic carbocycles. The molecule has 0 aliphatic heterocycles. The van der Waals surface area contributed by atoms with E-state index in [9.17, 15) is 0 Å². The van der Waals surface area contributed by atoms with Gasteiger partial charge < -0.3 is 0 Å². The third-order valence-corrected chi connectivity index (χ3v) is 3.12. The number of allylic oxidation sites excluding steroid dienone is 1. The molecule has 1 aromatic rings. The Bertz CT molecular complexity index is 299. The molecule has 0 aromatic heterocycles. The smallest absolute Gasteiger partial charge is 0.0276 e. The average molecular weight is 216 g/mol. The Hall–Kier alpha value is -1.04. The second-order valence-electron chi connectivity index (χ2n) is 4.52.